The number of para-hydroxylation sites is 1. The molecule has 0 unspecified atom stereocenters. The van der Waals surface area contributed by atoms with Crippen molar-refractivity contribution in [3.63, 3.8) is 0 Å². The van der Waals surface area contributed by atoms with Crippen LogP contribution in [0.3, 0.4) is 0 Å². The zero-order chi connectivity index (χ0) is 42.0. The molecule has 11 aromatic rings. The van der Waals surface area contributed by atoms with E-state index in [1.807, 2.05) is 12.1 Å². The molecule has 0 saturated carbocycles. The van der Waals surface area contributed by atoms with Crippen LogP contribution in [0.1, 0.15) is 22.3 Å². The van der Waals surface area contributed by atoms with Gasteiger partial charge in [-0.15, -0.1) is 0 Å². The second-order valence-electron chi connectivity index (χ2n) is 16.1. The standard InChI is InChI=1S/C61H43NO/c1-5-18-44(19-6-1)46-20-15-29-54(40-46)62(56-31-17-22-48(42-56)49-36-39-58-57-32-13-14-33-59(57)63-60(58)43-49)55-30-16-21-47(41-55)45-34-37-53(38-35-45)61(50-23-7-2-8-24-50,51-25-9-3-10-26-51)52-27-11-4-12-28-52/h1-43H. The van der Waals surface area contributed by atoms with Gasteiger partial charge in [0, 0.05) is 27.8 Å². The monoisotopic (exact) mass is 805 g/mol. The van der Waals surface area contributed by atoms with Gasteiger partial charge in [0.05, 0.1) is 5.41 Å². The third kappa shape index (κ3) is 6.98. The highest BCUT2D eigenvalue weighted by Crippen LogP contribution is 2.46. The Morgan fingerprint density at radius 2 is 0.619 bits per heavy atom. The lowest BCUT2D eigenvalue weighted by molar-refractivity contribution is 0.669. The quantitative estimate of drug-likeness (QED) is 0.128. The molecule has 0 radical (unpaired) electrons. The molecule has 2 heteroatoms. The predicted octanol–water partition coefficient (Wildman–Crippen LogP) is 16.4. The third-order valence-corrected chi connectivity index (χ3v) is 12.4. The Balaban J connectivity index is 1.02. The number of anilines is 3. The molecule has 0 aliphatic heterocycles. The summed E-state index contributed by atoms with van der Waals surface area (Å²) in [6.07, 6.45) is 0. The molecule has 11 rings (SSSR count). The van der Waals surface area contributed by atoms with Gasteiger partial charge < -0.3 is 9.32 Å². The van der Waals surface area contributed by atoms with Gasteiger partial charge in [-0.3, -0.25) is 0 Å². The Labute approximate surface area is 368 Å². The molecular formula is C61H43NO. The number of furan rings is 1. The summed E-state index contributed by atoms with van der Waals surface area (Å²) in [6.45, 7) is 0. The van der Waals surface area contributed by atoms with E-state index in [0.29, 0.717) is 0 Å². The maximum absolute atomic E-state index is 6.32. The van der Waals surface area contributed by atoms with Crippen molar-refractivity contribution in [3.05, 3.63) is 283 Å². The van der Waals surface area contributed by atoms with E-state index in [-0.39, 0.29) is 0 Å². The molecule has 1 heterocycles. The minimum absolute atomic E-state index is 0.509. The van der Waals surface area contributed by atoms with E-state index in [4.69, 9.17) is 4.42 Å². The van der Waals surface area contributed by atoms with Gasteiger partial charge in [-0.25, -0.2) is 0 Å². The first-order chi connectivity index (χ1) is 31.2. The minimum atomic E-state index is -0.509. The summed E-state index contributed by atoms with van der Waals surface area (Å²) < 4.78 is 6.32. The van der Waals surface area contributed by atoms with Gasteiger partial charge in [0.1, 0.15) is 11.2 Å². The molecule has 0 saturated heterocycles. The van der Waals surface area contributed by atoms with E-state index in [1.54, 1.807) is 0 Å². The highest BCUT2D eigenvalue weighted by Gasteiger charge is 2.38. The average Bonchev–Trinajstić information content (AvgIpc) is 3.74. The predicted molar refractivity (Wildman–Crippen MR) is 263 cm³/mol. The van der Waals surface area contributed by atoms with Crippen LogP contribution in [-0.2, 0) is 5.41 Å². The number of benzene rings is 10. The van der Waals surface area contributed by atoms with Crippen molar-refractivity contribution in [3.8, 4) is 33.4 Å². The molecule has 0 fully saturated rings. The van der Waals surface area contributed by atoms with Crippen molar-refractivity contribution in [2.45, 2.75) is 5.41 Å². The zero-order valence-corrected chi connectivity index (χ0v) is 34.7. The van der Waals surface area contributed by atoms with E-state index >= 15 is 0 Å². The molecule has 0 N–H and O–H groups in total. The van der Waals surface area contributed by atoms with Crippen LogP contribution >= 0.6 is 0 Å². The fourth-order valence-electron chi connectivity index (χ4n) is 9.43. The Morgan fingerprint density at radius 3 is 1.14 bits per heavy atom. The Bertz CT molecular complexity index is 3220. The van der Waals surface area contributed by atoms with Gasteiger partial charge in [-0.05, 0) is 110 Å². The number of rotatable bonds is 10. The maximum atomic E-state index is 6.32. The third-order valence-electron chi connectivity index (χ3n) is 12.4. The molecular weight excluding hydrogens is 763 g/mol. The molecule has 0 atom stereocenters. The summed E-state index contributed by atoms with van der Waals surface area (Å²) in [5.74, 6) is 0. The van der Waals surface area contributed by atoms with Gasteiger partial charge in [-0.1, -0.05) is 206 Å². The van der Waals surface area contributed by atoms with Gasteiger partial charge in [-0.2, -0.15) is 0 Å². The molecule has 0 aliphatic carbocycles. The topological polar surface area (TPSA) is 16.4 Å². The van der Waals surface area contributed by atoms with Crippen LogP contribution in [0.2, 0.25) is 0 Å². The number of nitrogens with zero attached hydrogens (tertiary/aromatic N) is 1. The van der Waals surface area contributed by atoms with Crippen LogP contribution in [0.15, 0.2) is 265 Å². The molecule has 1 aromatic heterocycles. The lowest BCUT2D eigenvalue weighted by atomic mass is 9.65. The first-order valence-electron chi connectivity index (χ1n) is 21.6. The van der Waals surface area contributed by atoms with Crippen molar-refractivity contribution >= 4 is 39.0 Å². The maximum Gasteiger partial charge on any atom is 0.136 e. The van der Waals surface area contributed by atoms with Gasteiger partial charge >= 0.3 is 0 Å². The minimum Gasteiger partial charge on any atom is -0.456 e. The van der Waals surface area contributed by atoms with Gasteiger partial charge in [0.2, 0.25) is 0 Å². The fraction of sp³-hybridized carbons (Fsp3) is 0.0164. The SMILES string of the molecule is c1ccc(-c2cccc(N(c3cccc(-c4ccc(C(c5ccccc5)(c5ccccc5)c5ccccc5)cc4)c3)c3cccc(-c4ccc5c(c4)oc4ccccc45)c3)c2)cc1. The highest BCUT2D eigenvalue weighted by molar-refractivity contribution is 6.06. The lowest BCUT2D eigenvalue weighted by Gasteiger charge is -2.37. The van der Waals surface area contributed by atoms with Crippen molar-refractivity contribution in [1.82, 2.24) is 0 Å². The first kappa shape index (κ1) is 37.8. The molecule has 2 nitrogen and oxygen atoms in total. The molecule has 0 bridgehead atoms. The van der Waals surface area contributed by atoms with Crippen molar-refractivity contribution < 1.29 is 4.42 Å². The number of hydrogen-bond acceptors (Lipinski definition) is 2. The van der Waals surface area contributed by atoms with E-state index in [9.17, 15) is 0 Å². The van der Waals surface area contributed by atoms with Crippen LogP contribution in [-0.4, -0.2) is 0 Å². The molecule has 63 heavy (non-hydrogen) atoms. The summed E-state index contributed by atoms with van der Waals surface area (Å²) >= 11 is 0. The first-order valence-corrected chi connectivity index (χ1v) is 21.6. The summed E-state index contributed by atoms with van der Waals surface area (Å²) in [6, 6.07) is 93.9. The summed E-state index contributed by atoms with van der Waals surface area (Å²) in [4.78, 5) is 2.37. The van der Waals surface area contributed by atoms with Crippen LogP contribution in [0.5, 0.6) is 0 Å². The smallest absolute Gasteiger partial charge is 0.136 e. The average molecular weight is 806 g/mol. The van der Waals surface area contributed by atoms with E-state index in [0.717, 1.165) is 66.8 Å². The molecule has 0 amide bonds. The lowest BCUT2D eigenvalue weighted by Crippen LogP contribution is -2.30. The second kappa shape index (κ2) is 16.3. The van der Waals surface area contributed by atoms with Gasteiger partial charge in [0.15, 0.2) is 0 Å². The number of hydrogen-bond donors (Lipinski definition) is 0. The van der Waals surface area contributed by atoms with E-state index in [2.05, 4.69) is 254 Å². The molecule has 298 valence electrons. The Kier molecular flexibility index (Phi) is 9.80. The second-order valence-corrected chi connectivity index (χ2v) is 16.1. The van der Waals surface area contributed by atoms with Crippen molar-refractivity contribution in [2.24, 2.45) is 0 Å². The van der Waals surface area contributed by atoms with Crippen LogP contribution in [0.4, 0.5) is 17.1 Å². The summed E-state index contributed by atoms with van der Waals surface area (Å²) in [5.41, 5.74) is 16.2. The molecule has 0 aliphatic rings. The van der Waals surface area contributed by atoms with Crippen LogP contribution in [0, 0.1) is 0 Å². The van der Waals surface area contributed by atoms with Gasteiger partial charge in [0.25, 0.3) is 0 Å². The summed E-state index contributed by atoms with van der Waals surface area (Å²) in [7, 11) is 0. The zero-order valence-electron chi connectivity index (χ0n) is 34.7. The van der Waals surface area contributed by atoms with Crippen LogP contribution < -0.4 is 4.90 Å². The summed E-state index contributed by atoms with van der Waals surface area (Å²) in [5, 5.41) is 2.26. The van der Waals surface area contributed by atoms with E-state index < -0.39 is 5.41 Å². The number of fused-ring (bicyclic) bond motifs is 3. The molecule has 10 aromatic carbocycles. The van der Waals surface area contributed by atoms with Crippen molar-refractivity contribution in [1.29, 1.82) is 0 Å². The Hall–Kier alpha value is -8.20. The van der Waals surface area contributed by atoms with Crippen LogP contribution in [0.25, 0.3) is 55.3 Å². The largest absolute Gasteiger partial charge is 0.456 e. The van der Waals surface area contributed by atoms with Crippen molar-refractivity contribution in [2.75, 3.05) is 4.90 Å². The molecule has 0 spiro atoms. The van der Waals surface area contributed by atoms with E-state index in [1.165, 1.54) is 27.8 Å². The Morgan fingerprint density at radius 1 is 0.254 bits per heavy atom. The fourth-order valence-corrected chi connectivity index (χ4v) is 9.43. The highest BCUT2D eigenvalue weighted by atomic mass is 16.3. The normalized spacial score (nSPS) is 11.5.